The number of ether oxygens (including phenoxy) is 2. The molecule has 264 valence electrons. The monoisotopic (exact) mass is 666 g/mol. The lowest BCUT2D eigenvalue weighted by atomic mass is 10.1. The fraction of sp³-hybridized carbons (Fsp3) is 0.676. The minimum Gasteiger partial charge on any atom is -0.462 e. The zero-order valence-electron chi connectivity index (χ0n) is 28.7. The summed E-state index contributed by atoms with van der Waals surface area (Å²) in [4.78, 5) is 42.6. The molecule has 0 spiro atoms. The number of allylic oxidation sites excluding steroid dienone is 10. The quantitative estimate of drug-likeness (QED) is 0.0325. The molecular formula is C37H63O8P. The van der Waals surface area contributed by atoms with Crippen molar-refractivity contribution in [1.29, 1.82) is 0 Å². The average molecular weight is 667 g/mol. The van der Waals surface area contributed by atoms with Crippen molar-refractivity contribution in [1.82, 2.24) is 0 Å². The maximum atomic E-state index is 12.3. The van der Waals surface area contributed by atoms with E-state index in [4.69, 9.17) is 19.3 Å². The number of rotatable bonds is 31. The van der Waals surface area contributed by atoms with E-state index in [1.54, 1.807) is 0 Å². The van der Waals surface area contributed by atoms with Gasteiger partial charge in [0, 0.05) is 12.8 Å². The molecule has 0 rings (SSSR count). The number of hydrogen-bond donors (Lipinski definition) is 2. The van der Waals surface area contributed by atoms with Gasteiger partial charge in [0.1, 0.15) is 6.61 Å². The van der Waals surface area contributed by atoms with Gasteiger partial charge in [-0.05, 0) is 77.0 Å². The molecule has 0 aromatic heterocycles. The maximum absolute atomic E-state index is 12.3. The topological polar surface area (TPSA) is 119 Å². The van der Waals surface area contributed by atoms with Crippen LogP contribution in [0.25, 0.3) is 0 Å². The van der Waals surface area contributed by atoms with Gasteiger partial charge in [-0.15, -0.1) is 0 Å². The van der Waals surface area contributed by atoms with Gasteiger partial charge in [0.2, 0.25) is 0 Å². The van der Waals surface area contributed by atoms with Gasteiger partial charge in [-0.25, -0.2) is 4.57 Å². The third-order valence-corrected chi connectivity index (χ3v) is 7.51. The molecular weight excluding hydrogens is 603 g/mol. The number of esters is 2. The molecule has 0 saturated carbocycles. The van der Waals surface area contributed by atoms with Gasteiger partial charge >= 0.3 is 19.8 Å². The molecule has 0 aromatic rings. The molecule has 2 N–H and O–H groups in total. The fourth-order valence-corrected chi connectivity index (χ4v) is 4.78. The van der Waals surface area contributed by atoms with Crippen LogP contribution in [0.2, 0.25) is 0 Å². The zero-order valence-corrected chi connectivity index (χ0v) is 29.6. The lowest BCUT2D eigenvalue weighted by Crippen LogP contribution is -2.29. The van der Waals surface area contributed by atoms with E-state index in [1.165, 1.54) is 25.7 Å². The summed E-state index contributed by atoms with van der Waals surface area (Å²) in [6.07, 6.45) is 39.4. The Labute approximate surface area is 279 Å². The van der Waals surface area contributed by atoms with Gasteiger partial charge in [-0.1, -0.05) is 113 Å². The Kier molecular flexibility index (Phi) is 31.1. The Morgan fingerprint density at radius 1 is 0.587 bits per heavy atom. The molecule has 0 heterocycles. The summed E-state index contributed by atoms with van der Waals surface area (Å²) in [5.74, 6) is -0.951. The van der Waals surface area contributed by atoms with E-state index in [0.717, 1.165) is 77.0 Å². The number of hydrogen-bond acceptors (Lipinski definition) is 6. The second-order valence-electron chi connectivity index (χ2n) is 11.5. The van der Waals surface area contributed by atoms with Crippen LogP contribution in [0, 0.1) is 0 Å². The van der Waals surface area contributed by atoms with Crippen molar-refractivity contribution >= 4 is 19.8 Å². The van der Waals surface area contributed by atoms with Crippen LogP contribution in [0.1, 0.15) is 142 Å². The van der Waals surface area contributed by atoms with E-state index in [-0.39, 0.29) is 19.4 Å². The van der Waals surface area contributed by atoms with Crippen molar-refractivity contribution < 1.29 is 37.9 Å². The number of phosphoric ester groups is 1. The fourth-order valence-electron chi connectivity index (χ4n) is 4.41. The highest BCUT2D eigenvalue weighted by atomic mass is 31.2. The van der Waals surface area contributed by atoms with Crippen molar-refractivity contribution in [2.24, 2.45) is 0 Å². The van der Waals surface area contributed by atoms with E-state index in [9.17, 15) is 14.2 Å². The summed E-state index contributed by atoms with van der Waals surface area (Å²) < 4.78 is 26.2. The molecule has 0 aliphatic rings. The molecule has 0 saturated heterocycles. The van der Waals surface area contributed by atoms with Crippen LogP contribution < -0.4 is 0 Å². The largest absolute Gasteiger partial charge is 0.469 e. The molecule has 0 unspecified atom stereocenters. The highest BCUT2D eigenvalue weighted by molar-refractivity contribution is 7.46. The lowest BCUT2D eigenvalue weighted by Gasteiger charge is -2.18. The highest BCUT2D eigenvalue weighted by Gasteiger charge is 2.22. The minimum absolute atomic E-state index is 0.190. The molecule has 9 heteroatoms. The summed E-state index contributed by atoms with van der Waals surface area (Å²) in [5, 5.41) is 0. The molecule has 0 aromatic carbocycles. The Hall–Kier alpha value is -2.25. The maximum Gasteiger partial charge on any atom is 0.469 e. The molecule has 0 fully saturated rings. The standard InChI is InChI=1S/C37H63O8P/c1-3-5-7-9-11-13-15-17-18-20-21-23-25-27-29-31-36(38)43-33-35(34-44-46(40,41)42)45-37(39)32-30-28-26-24-22-19-16-14-12-10-8-6-4-2/h5,7,11,13-14,16-18,21,23,35H,3-4,6,8-10,12,15,19-20,22,24-34H2,1-2H3,(H2,40,41,42)/b7-5+,13-11+,16-14+,18-17+,23-21+/t35-/m1/s1. The number of unbranched alkanes of at least 4 members (excludes halogenated alkanes) is 11. The summed E-state index contributed by atoms with van der Waals surface area (Å²) in [6, 6.07) is 0. The summed E-state index contributed by atoms with van der Waals surface area (Å²) in [7, 11) is -4.76. The first-order valence-electron chi connectivity index (χ1n) is 17.6. The Morgan fingerprint density at radius 3 is 1.63 bits per heavy atom. The van der Waals surface area contributed by atoms with Crippen molar-refractivity contribution in [3.63, 3.8) is 0 Å². The Morgan fingerprint density at radius 2 is 1.04 bits per heavy atom. The van der Waals surface area contributed by atoms with Crippen LogP contribution in [0.5, 0.6) is 0 Å². The second-order valence-corrected chi connectivity index (χ2v) is 12.7. The first kappa shape index (κ1) is 43.8. The van der Waals surface area contributed by atoms with E-state index in [0.29, 0.717) is 12.8 Å². The summed E-state index contributed by atoms with van der Waals surface area (Å²) >= 11 is 0. The van der Waals surface area contributed by atoms with E-state index >= 15 is 0 Å². The van der Waals surface area contributed by atoms with Crippen molar-refractivity contribution in [3.05, 3.63) is 60.8 Å². The van der Waals surface area contributed by atoms with Crippen LogP contribution in [0.4, 0.5) is 0 Å². The van der Waals surface area contributed by atoms with Crippen LogP contribution in [0.3, 0.4) is 0 Å². The lowest BCUT2D eigenvalue weighted by molar-refractivity contribution is -0.161. The smallest absolute Gasteiger partial charge is 0.462 e. The number of carbonyl (C=O) groups is 2. The zero-order chi connectivity index (χ0) is 34.0. The molecule has 0 aliphatic heterocycles. The van der Waals surface area contributed by atoms with Gasteiger partial charge in [-0.2, -0.15) is 0 Å². The van der Waals surface area contributed by atoms with Crippen LogP contribution in [-0.2, 0) is 28.2 Å². The molecule has 8 nitrogen and oxygen atoms in total. The van der Waals surface area contributed by atoms with Crippen molar-refractivity contribution in [3.8, 4) is 0 Å². The van der Waals surface area contributed by atoms with E-state index in [2.05, 4.69) is 79.1 Å². The van der Waals surface area contributed by atoms with Gasteiger partial charge in [0.25, 0.3) is 0 Å². The first-order valence-corrected chi connectivity index (χ1v) is 19.1. The Balaban J connectivity index is 4.10. The van der Waals surface area contributed by atoms with Crippen LogP contribution in [0.15, 0.2) is 60.8 Å². The third-order valence-electron chi connectivity index (χ3n) is 7.02. The molecule has 0 bridgehead atoms. The number of carbonyl (C=O) groups excluding carboxylic acids is 2. The highest BCUT2D eigenvalue weighted by Crippen LogP contribution is 2.35. The summed E-state index contributed by atoms with van der Waals surface area (Å²) in [6.45, 7) is 3.48. The third kappa shape index (κ3) is 34.6. The van der Waals surface area contributed by atoms with E-state index < -0.39 is 32.5 Å². The minimum atomic E-state index is -4.76. The van der Waals surface area contributed by atoms with Gasteiger partial charge in [0.05, 0.1) is 6.61 Å². The predicted octanol–water partition coefficient (Wildman–Crippen LogP) is 10.2. The van der Waals surface area contributed by atoms with E-state index in [1.807, 2.05) is 0 Å². The van der Waals surface area contributed by atoms with Crippen LogP contribution in [-0.4, -0.2) is 41.0 Å². The molecule has 1 atom stereocenters. The van der Waals surface area contributed by atoms with Gasteiger partial charge in [0.15, 0.2) is 6.10 Å². The van der Waals surface area contributed by atoms with Crippen molar-refractivity contribution in [2.75, 3.05) is 13.2 Å². The second kappa shape index (κ2) is 32.7. The molecule has 46 heavy (non-hydrogen) atoms. The SMILES string of the molecule is CC/C=C/C/C=C/C/C=C/C/C=C/CCCCC(=O)OC[C@H](COP(=O)(O)O)OC(=O)CCCCCCC/C=C/CCCCCC. The first-order chi connectivity index (χ1) is 22.3. The van der Waals surface area contributed by atoms with Crippen molar-refractivity contribution in [2.45, 2.75) is 148 Å². The van der Waals surface area contributed by atoms with Gasteiger partial charge < -0.3 is 19.3 Å². The predicted molar refractivity (Wildman–Crippen MR) is 188 cm³/mol. The number of phosphoric acid groups is 1. The molecule has 0 aliphatic carbocycles. The van der Waals surface area contributed by atoms with Gasteiger partial charge in [-0.3, -0.25) is 14.1 Å². The normalized spacial score (nSPS) is 13.2. The molecule has 0 amide bonds. The van der Waals surface area contributed by atoms with Crippen LogP contribution >= 0.6 is 7.82 Å². The average Bonchev–Trinajstić information content (AvgIpc) is 3.02. The Bertz CT molecular complexity index is 932. The summed E-state index contributed by atoms with van der Waals surface area (Å²) in [5.41, 5.74) is 0. The molecule has 0 radical (unpaired) electrons.